The summed E-state index contributed by atoms with van der Waals surface area (Å²) in [6, 6.07) is 11.4. The molecule has 5 nitrogen and oxygen atoms in total. The van der Waals surface area contributed by atoms with Crippen LogP contribution in [0.15, 0.2) is 58.7 Å². The molecule has 1 aliphatic heterocycles. The van der Waals surface area contributed by atoms with Crippen molar-refractivity contribution in [3.8, 4) is 0 Å². The van der Waals surface area contributed by atoms with Crippen molar-refractivity contribution in [2.45, 2.75) is 6.54 Å². The van der Waals surface area contributed by atoms with Crippen LogP contribution in [0.1, 0.15) is 11.1 Å². The minimum absolute atomic E-state index is 0.245. The third-order valence-electron chi connectivity index (χ3n) is 3.78. The summed E-state index contributed by atoms with van der Waals surface area (Å²) >= 11 is 7.47. The van der Waals surface area contributed by atoms with E-state index in [0.29, 0.717) is 21.6 Å². The zero-order chi connectivity index (χ0) is 17.2. The van der Waals surface area contributed by atoms with Gasteiger partial charge in [-0.15, -0.1) is 0 Å². The van der Waals surface area contributed by atoms with Crippen molar-refractivity contribution in [3.63, 3.8) is 0 Å². The number of halogens is 1. The molecule has 2 N–H and O–H groups in total. The predicted molar refractivity (Wildman–Crippen MR) is 102 cm³/mol. The van der Waals surface area contributed by atoms with Crippen LogP contribution in [0.2, 0.25) is 5.02 Å². The molecule has 4 rings (SSSR count). The highest BCUT2D eigenvalue weighted by Gasteiger charge is 2.22. The SMILES string of the molecule is O=C1N=C(NCc2ccccc2Cl)S/C1=C\c1c[nH]c2ncccc12. The van der Waals surface area contributed by atoms with Gasteiger partial charge >= 0.3 is 0 Å². The lowest BCUT2D eigenvalue weighted by molar-refractivity contribution is -0.113. The average molecular weight is 369 g/mol. The second-order valence-corrected chi connectivity index (χ2v) is 6.86. The van der Waals surface area contributed by atoms with Crippen molar-refractivity contribution in [1.29, 1.82) is 0 Å². The summed E-state index contributed by atoms with van der Waals surface area (Å²) in [7, 11) is 0. The Hall–Kier alpha value is -2.57. The number of aromatic amines is 1. The van der Waals surface area contributed by atoms with Crippen molar-refractivity contribution in [1.82, 2.24) is 15.3 Å². The van der Waals surface area contributed by atoms with Gasteiger partial charge in [0.05, 0.1) is 4.91 Å². The van der Waals surface area contributed by atoms with E-state index >= 15 is 0 Å². The molecular weight excluding hydrogens is 356 g/mol. The summed E-state index contributed by atoms with van der Waals surface area (Å²) in [5.74, 6) is -0.245. The van der Waals surface area contributed by atoms with Gasteiger partial charge in [-0.25, -0.2) is 4.98 Å². The fraction of sp³-hybridized carbons (Fsp3) is 0.0556. The molecule has 0 saturated heterocycles. The molecule has 0 aliphatic carbocycles. The van der Waals surface area contributed by atoms with Gasteiger partial charge in [-0.2, -0.15) is 4.99 Å². The summed E-state index contributed by atoms with van der Waals surface area (Å²) in [6.45, 7) is 0.517. The quantitative estimate of drug-likeness (QED) is 0.686. The van der Waals surface area contributed by atoms with E-state index in [1.54, 1.807) is 6.20 Å². The monoisotopic (exact) mass is 368 g/mol. The summed E-state index contributed by atoms with van der Waals surface area (Å²) < 4.78 is 0. The highest BCUT2D eigenvalue weighted by atomic mass is 35.5. The van der Waals surface area contributed by atoms with Crippen LogP contribution in [0.4, 0.5) is 0 Å². The number of aliphatic imine (C=N–C) groups is 1. The van der Waals surface area contributed by atoms with Gasteiger partial charge < -0.3 is 10.3 Å². The number of amidine groups is 1. The molecule has 7 heteroatoms. The number of aromatic nitrogens is 2. The Bertz CT molecular complexity index is 1020. The van der Waals surface area contributed by atoms with Crippen molar-refractivity contribution in [2.75, 3.05) is 0 Å². The third-order valence-corrected chi connectivity index (χ3v) is 5.09. The normalized spacial score (nSPS) is 15.8. The number of hydrogen-bond acceptors (Lipinski definition) is 4. The largest absolute Gasteiger partial charge is 0.360 e. The molecule has 1 amide bonds. The van der Waals surface area contributed by atoms with Crippen LogP contribution in [0.3, 0.4) is 0 Å². The van der Waals surface area contributed by atoms with Gasteiger partial charge in [0, 0.05) is 34.9 Å². The van der Waals surface area contributed by atoms with Gasteiger partial charge in [-0.3, -0.25) is 4.79 Å². The molecule has 0 atom stereocenters. The Kier molecular flexibility index (Phi) is 4.29. The summed E-state index contributed by atoms with van der Waals surface area (Å²) in [6.07, 6.45) is 5.40. The standard InChI is InChI=1S/C18H13ClN4OS/c19-14-6-2-1-4-11(14)9-22-18-23-17(24)15(25-18)8-12-10-21-16-13(12)5-3-7-20-16/h1-8,10H,9H2,(H,20,21)(H,22,23,24)/b15-8-. The van der Waals surface area contributed by atoms with Crippen molar-refractivity contribution in [2.24, 2.45) is 4.99 Å². The molecule has 1 aliphatic rings. The van der Waals surface area contributed by atoms with E-state index in [1.165, 1.54) is 11.8 Å². The number of rotatable bonds is 3. The van der Waals surface area contributed by atoms with Crippen LogP contribution in [0.25, 0.3) is 17.1 Å². The number of pyridine rings is 1. The number of carbonyl (C=O) groups excluding carboxylic acids is 1. The zero-order valence-corrected chi connectivity index (χ0v) is 14.6. The van der Waals surface area contributed by atoms with Crippen LogP contribution >= 0.6 is 23.4 Å². The first-order valence-electron chi connectivity index (χ1n) is 7.62. The van der Waals surface area contributed by atoms with Gasteiger partial charge in [-0.1, -0.05) is 29.8 Å². The van der Waals surface area contributed by atoms with Gasteiger partial charge in [0.15, 0.2) is 5.17 Å². The van der Waals surface area contributed by atoms with Crippen molar-refractivity contribution < 1.29 is 4.79 Å². The Morgan fingerprint density at radius 3 is 3.00 bits per heavy atom. The maximum absolute atomic E-state index is 12.2. The lowest BCUT2D eigenvalue weighted by Gasteiger charge is -2.06. The van der Waals surface area contributed by atoms with Crippen LogP contribution in [-0.2, 0) is 11.3 Å². The van der Waals surface area contributed by atoms with E-state index in [9.17, 15) is 4.79 Å². The number of nitrogens with zero attached hydrogens (tertiary/aromatic N) is 2. The molecule has 0 bridgehead atoms. The lowest BCUT2D eigenvalue weighted by Crippen LogP contribution is -2.18. The number of nitrogens with one attached hydrogen (secondary N) is 2. The fourth-order valence-corrected chi connectivity index (χ4v) is 3.54. The number of H-pyrrole nitrogens is 1. The van der Waals surface area contributed by atoms with Crippen LogP contribution < -0.4 is 5.32 Å². The minimum Gasteiger partial charge on any atom is -0.360 e. The van der Waals surface area contributed by atoms with Crippen LogP contribution in [-0.4, -0.2) is 21.0 Å². The molecule has 0 saturated carbocycles. The molecular formula is C18H13ClN4OS. The molecule has 3 aromatic rings. The average Bonchev–Trinajstić information content (AvgIpc) is 3.19. The van der Waals surface area contributed by atoms with Crippen LogP contribution in [0.5, 0.6) is 0 Å². The zero-order valence-electron chi connectivity index (χ0n) is 13.0. The third kappa shape index (κ3) is 3.31. The maximum Gasteiger partial charge on any atom is 0.286 e. The fourth-order valence-electron chi connectivity index (χ4n) is 2.54. The highest BCUT2D eigenvalue weighted by molar-refractivity contribution is 8.18. The molecule has 1 aromatic carbocycles. The van der Waals surface area contributed by atoms with E-state index in [-0.39, 0.29) is 5.91 Å². The molecule has 0 radical (unpaired) electrons. The lowest BCUT2D eigenvalue weighted by atomic mass is 10.2. The van der Waals surface area contributed by atoms with E-state index in [0.717, 1.165) is 22.2 Å². The summed E-state index contributed by atoms with van der Waals surface area (Å²) in [4.78, 5) is 24.1. The number of fused-ring (bicyclic) bond motifs is 1. The highest BCUT2D eigenvalue weighted by Crippen LogP contribution is 2.29. The molecule has 0 unspecified atom stereocenters. The van der Waals surface area contributed by atoms with Crippen molar-refractivity contribution in [3.05, 3.63) is 69.8 Å². The molecule has 0 spiro atoms. The summed E-state index contributed by atoms with van der Waals surface area (Å²) in [5.41, 5.74) is 2.67. The first-order chi connectivity index (χ1) is 12.2. The number of carbonyl (C=O) groups is 1. The number of thioether (sulfide) groups is 1. The first kappa shape index (κ1) is 15.9. The molecule has 124 valence electrons. The van der Waals surface area contributed by atoms with Gasteiger partial charge in [0.2, 0.25) is 0 Å². The molecule has 0 fully saturated rings. The Balaban J connectivity index is 1.49. The second kappa shape index (κ2) is 6.74. The van der Waals surface area contributed by atoms with E-state index < -0.39 is 0 Å². The van der Waals surface area contributed by atoms with Gasteiger partial charge in [0.25, 0.3) is 5.91 Å². The second-order valence-electron chi connectivity index (χ2n) is 5.42. The van der Waals surface area contributed by atoms with Gasteiger partial charge in [-0.05, 0) is 41.6 Å². The topological polar surface area (TPSA) is 70.1 Å². The summed E-state index contributed by atoms with van der Waals surface area (Å²) in [5, 5.41) is 5.40. The number of amides is 1. The first-order valence-corrected chi connectivity index (χ1v) is 8.82. The molecule has 3 heterocycles. The van der Waals surface area contributed by atoms with E-state index in [1.807, 2.05) is 48.7 Å². The molecule has 25 heavy (non-hydrogen) atoms. The number of hydrogen-bond donors (Lipinski definition) is 2. The van der Waals surface area contributed by atoms with Crippen LogP contribution in [0, 0.1) is 0 Å². The maximum atomic E-state index is 12.2. The Labute approximate surface area is 153 Å². The number of benzene rings is 1. The predicted octanol–water partition coefficient (Wildman–Crippen LogP) is 3.98. The minimum atomic E-state index is -0.245. The van der Waals surface area contributed by atoms with E-state index in [2.05, 4.69) is 20.3 Å². The Morgan fingerprint density at radius 1 is 1.24 bits per heavy atom. The van der Waals surface area contributed by atoms with E-state index in [4.69, 9.17) is 11.6 Å². The Morgan fingerprint density at radius 2 is 2.12 bits per heavy atom. The van der Waals surface area contributed by atoms with Gasteiger partial charge in [0.1, 0.15) is 5.65 Å². The van der Waals surface area contributed by atoms with Crippen molar-refractivity contribution >= 4 is 51.5 Å². The smallest absolute Gasteiger partial charge is 0.286 e. The molecule has 2 aromatic heterocycles.